The number of carbonyl (C=O) groups excluding carboxylic acids is 1. The van der Waals surface area contributed by atoms with E-state index in [2.05, 4.69) is 34.3 Å². The first kappa shape index (κ1) is 19.7. The zero-order valence-electron chi connectivity index (χ0n) is 15.8. The van der Waals surface area contributed by atoms with Crippen LogP contribution in [0.5, 0.6) is 5.75 Å². The molecule has 144 valence electrons. The Labute approximate surface area is 165 Å². The van der Waals surface area contributed by atoms with Gasteiger partial charge in [0.2, 0.25) is 0 Å². The van der Waals surface area contributed by atoms with Crippen LogP contribution in [0.4, 0.5) is 0 Å². The highest BCUT2D eigenvalue weighted by Gasteiger charge is 2.25. The van der Waals surface area contributed by atoms with Crippen molar-refractivity contribution in [1.82, 2.24) is 15.1 Å². The Bertz CT molecular complexity index is 758. The third-order valence-electron chi connectivity index (χ3n) is 5.05. The Balaban J connectivity index is 1.75. The first-order chi connectivity index (χ1) is 13.1. The number of hydrogen-bond donors (Lipinski definition) is 1. The number of ether oxygens (including phenoxy) is 1. The van der Waals surface area contributed by atoms with E-state index in [-0.39, 0.29) is 11.9 Å². The lowest BCUT2D eigenvalue weighted by Gasteiger charge is -2.38. The molecule has 0 spiro atoms. The van der Waals surface area contributed by atoms with Gasteiger partial charge in [0.15, 0.2) is 0 Å². The van der Waals surface area contributed by atoms with E-state index in [4.69, 9.17) is 16.3 Å². The lowest BCUT2D eigenvalue weighted by molar-refractivity contribution is 0.0886. The van der Waals surface area contributed by atoms with Crippen LogP contribution in [-0.4, -0.2) is 62.6 Å². The summed E-state index contributed by atoms with van der Waals surface area (Å²) in [5, 5.41) is 3.53. The number of nitrogens with one attached hydrogen (secondary N) is 1. The minimum Gasteiger partial charge on any atom is -0.497 e. The summed E-state index contributed by atoms with van der Waals surface area (Å²) in [6, 6.07) is 15.3. The number of halogens is 1. The van der Waals surface area contributed by atoms with Crippen LogP contribution in [0.1, 0.15) is 22.0 Å². The van der Waals surface area contributed by atoms with Crippen LogP contribution in [0.3, 0.4) is 0 Å². The lowest BCUT2D eigenvalue weighted by atomic mass is 10.0. The summed E-state index contributed by atoms with van der Waals surface area (Å²) in [4.78, 5) is 17.3. The zero-order chi connectivity index (χ0) is 19.2. The van der Waals surface area contributed by atoms with Crippen LogP contribution in [0, 0.1) is 0 Å². The smallest absolute Gasteiger partial charge is 0.252 e. The highest BCUT2D eigenvalue weighted by Crippen LogP contribution is 2.24. The summed E-state index contributed by atoms with van der Waals surface area (Å²) in [6.45, 7) is 4.50. The largest absolute Gasteiger partial charge is 0.497 e. The fourth-order valence-electron chi connectivity index (χ4n) is 3.35. The summed E-state index contributed by atoms with van der Waals surface area (Å²) in [7, 11) is 3.80. The van der Waals surface area contributed by atoms with Crippen molar-refractivity contribution in [2.75, 3.05) is 46.9 Å². The molecule has 1 aliphatic heterocycles. The van der Waals surface area contributed by atoms with Gasteiger partial charge in [0.05, 0.1) is 23.7 Å². The van der Waals surface area contributed by atoms with Crippen LogP contribution in [0.25, 0.3) is 0 Å². The second kappa shape index (κ2) is 9.22. The topological polar surface area (TPSA) is 44.8 Å². The van der Waals surface area contributed by atoms with Gasteiger partial charge in [-0.3, -0.25) is 9.69 Å². The Morgan fingerprint density at radius 2 is 1.78 bits per heavy atom. The molecule has 3 rings (SSSR count). The lowest BCUT2D eigenvalue weighted by Crippen LogP contribution is -2.48. The minimum absolute atomic E-state index is 0.107. The van der Waals surface area contributed by atoms with Gasteiger partial charge in [-0.05, 0) is 36.9 Å². The van der Waals surface area contributed by atoms with Gasteiger partial charge >= 0.3 is 0 Å². The van der Waals surface area contributed by atoms with E-state index < -0.39 is 0 Å². The third kappa shape index (κ3) is 5.01. The van der Waals surface area contributed by atoms with Crippen LogP contribution in [0.2, 0.25) is 5.02 Å². The van der Waals surface area contributed by atoms with E-state index in [9.17, 15) is 4.79 Å². The molecule has 5 nitrogen and oxygen atoms in total. The zero-order valence-corrected chi connectivity index (χ0v) is 16.6. The monoisotopic (exact) mass is 387 g/mol. The van der Waals surface area contributed by atoms with Crippen molar-refractivity contribution in [3.63, 3.8) is 0 Å². The quantitative estimate of drug-likeness (QED) is 0.827. The molecule has 27 heavy (non-hydrogen) atoms. The van der Waals surface area contributed by atoms with Gasteiger partial charge in [0, 0.05) is 32.7 Å². The van der Waals surface area contributed by atoms with Gasteiger partial charge in [-0.2, -0.15) is 0 Å². The molecule has 1 aliphatic rings. The predicted molar refractivity (Wildman–Crippen MR) is 109 cm³/mol. The van der Waals surface area contributed by atoms with Crippen LogP contribution >= 0.6 is 11.6 Å². The summed E-state index contributed by atoms with van der Waals surface area (Å²) in [5.74, 6) is 0.684. The van der Waals surface area contributed by atoms with E-state index in [1.165, 1.54) is 5.56 Å². The van der Waals surface area contributed by atoms with Gasteiger partial charge in [0.25, 0.3) is 5.91 Å². The minimum atomic E-state index is -0.145. The maximum Gasteiger partial charge on any atom is 0.252 e. The average molecular weight is 388 g/mol. The van der Waals surface area contributed by atoms with E-state index in [1.807, 2.05) is 24.3 Å². The number of amides is 1. The summed E-state index contributed by atoms with van der Waals surface area (Å²) < 4.78 is 5.27. The van der Waals surface area contributed by atoms with E-state index in [0.717, 1.165) is 31.9 Å². The van der Waals surface area contributed by atoms with Crippen molar-refractivity contribution in [2.24, 2.45) is 0 Å². The maximum atomic E-state index is 12.6. The first-order valence-corrected chi connectivity index (χ1v) is 9.55. The molecule has 1 atom stereocenters. The second-order valence-corrected chi connectivity index (χ2v) is 7.23. The molecule has 0 aliphatic carbocycles. The highest BCUT2D eigenvalue weighted by atomic mass is 35.5. The van der Waals surface area contributed by atoms with Crippen LogP contribution in [0.15, 0.2) is 48.5 Å². The summed E-state index contributed by atoms with van der Waals surface area (Å²) in [6.07, 6.45) is 0. The molecule has 0 radical (unpaired) electrons. The van der Waals surface area contributed by atoms with E-state index >= 15 is 0 Å². The molecule has 1 N–H and O–H groups in total. The summed E-state index contributed by atoms with van der Waals surface area (Å²) in [5.41, 5.74) is 1.67. The number of piperazine rings is 1. The number of rotatable bonds is 6. The van der Waals surface area contributed by atoms with E-state index in [0.29, 0.717) is 17.1 Å². The molecular weight excluding hydrogens is 362 g/mol. The number of likely N-dealkylation sites (N-methyl/N-ethyl adjacent to an activating group) is 1. The van der Waals surface area contributed by atoms with Crippen molar-refractivity contribution in [2.45, 2.75) is 6.04 Å². The van der Waals surface area contributed by atoms with Crippen molar-refractivity contribution in [1.29, 1.82) is 0 Å². The van der Waals surface area contributed by atoms with Crippen molar-refractivity contribution in [3.8, 4) is 5.75 Å². The Morgan fingerprint density at radius 1 is 1.11 bits per heavy atom. The van der Waals surface area contributed by atoms with Gasteiger partial charge in [-0.1, -0.05) is 35.9 Å². The van der Waals surface area contributed by atoms with Gasteiger partial charge in [0.1, 0.15) is 5.75 Å². The van der Waals surface area contributed by atoms with Crippen molar-refractivity contribution >= 4 is 17.5 Å². The molecule has 1 amide bonds. The molecule has 0 bridgehead atoms. The molecule has 6 heteroatoms. The molecule has 0 unspecified atom stereocenters. The Kier molecular flexibility index (Phi) is 6.72. The third-order valence-corrected chi connectivity index (χ3v) is 5.38. The van der Waals surface area contributed by atoms with Crippen molar-refractivity contribution in [3.05, 3.63) is 64.7 Å². The maximum absolute atomic E-state index is 12.6. The predicted octanol–water partition coefficient (Wildman–Crippen LogP) is 3.07. The van der Waals surface area contributed by atoms with Gasteiger partial charge in [-0.25, -0.2) is 0 Å². The molecule has 0 aromatic heterocycles. The molecule has 0 saturated carbocycles. The molecule has 1 heterocycles. The van der Waals surface area contributed by atoms with Gasteiger partial charge in [-0.15, -0.1) is 0 Å². The number of carbonyl (C=O) groups is 1. The van der Waals surface area contributed by atoms with Crippen LogP contribution in [-0.2, 0) is 0 Å². The fraction of sp³-hybridized carbons (Fsp3) is 0.381. The Morgan fingerprint density at radius 3 is 2.41 bits per heavy atom. The normalized spacial score (nSPS) is 16.7. The van der Waals surface area contributed by atoms with Crippen molar-refractivity contribution < 1.29 is 9.53 Å². The highest BCUT2D eigenvalue weighted by molar-refractivity contribution is 6.33. The molecule has 2 aromatic rings. The number of benzene rings is 2. The standard InChI is InChI=1S/C21H26ClN3O2/c1-24-11-13-25(14-12-24)20(16-7-9-17(27-2)10-8-16)15-23-21(26)18-5-3-4-6-19(18)22/h3-10,20H,11-15H2,1-2H3,(H,23,26)/t20-/m0/s1. The first-order valence-electron chi connectivity index (χ1n) is 9.17. The second-order valence-electron chi connectivity index (χ2n) is 6.82. The van der Waals surface area contributed by atoms with Crippen LogP contribution < -0.4 is 10.1 Å². The molecular formula is C21H26ClN3O2. The number of nitrogens with zero attached hydrogens (tertiary/aromatic N) is 2. The van der Waals surface area contributed by atoms with E-state index in [1.54, 1.807) is 19.2 Å². The Hall–Kier alpha value is -2.08. The molecule has 2 aromatic carbocycles. The molecule has 1 saturated heterocycles. The van der Waals surface area contributed by atoms with Gasteiger partial charge < -0.3 is 15.0 Å². The fourth-order valence-corrected chi connectivity index (χ4v) is 3.57. The number of hydrogen-bond acceptors (Lipinski definition) is 4. The molecule has 1 fully saturated rings. The SMILES string of the molecule is COc1ccc([C@H](CNC(=O)c2ccccc2Cl)N2CCN(C)CC2)cc1. The summed E-state index contributed by atoms with van der Waals surface area (Å²) >= 11 is 6.16. The number of methoxy groups -OCH3 is 1. The average Bonchev–Trinajstić information content (AvgIpc) is 2.70.